The van der Waals surface area contributed by atoms with Crippen LogP contribution in [-0.2, 0) is 22.4 Å². The molecule has 4 rings (SSSR count). The van der Waals surface area contributed by atoms with Crippen molar-refractivity contribution in [3.8, 4) is 0 Å². The zero-order chi connectivity index (χ0) is 18.8. The summed E-state index contributed by atoms with van der Waals surface area (Å²) in [5.41, 5.74) is 4.02. The van der Waals surface area contributed by atoms with E-state index in [1.54, 1.807) is 0 Å². The Balaban J connectivity index is 1.49. The van der Waals surface area contributed by atoms with Crippen molar-refractivity contribution < 1.29 is 9.53 Å². The molecule has 3 heteroatoms. The number of fused-ring (bicyclic) bond motifs is 2. The molecule has 0 N–H and O–H groups in total. The molecule has 2 aromatic rings. The molecule has 2 bridgehead atoms. The number of ether oxygens (including phenoxy) is 1. The minimum absolute atomic E-state index is 0.0473. The molecule has 0 spiro atoms. The number of esters is 1. The van der Waals surface area contributed by atoms with Crippen molar-refractivity contribution in [2.75, 3.05) is 14.2 Å². The Morgan fingerprint density at radius 2 is 1.67 bits per heavy atom. The van der Waals surface area contributed by atoms with Gasteiger partial charge < -0.3 is 4.74 Å². The van der Waals surface area contributed by atoms with Crippen LogP contribution in [0.1, 0.15) is 41.9 Å². The Bertz CT molecular complexity index is 771. The van der Waals surface area contributed by atoms with Gasteiger partial charge in [-0.1, -0.05) is 54.6 Å². The quantitative estimate of drug-likeness (QED) is 0.745. The third-order valence-corrected chi connectivity index (χ3v) is 6.70. The molecular weight excluding hydrogens is 334 g/mol. The van der Waals surface area contributed by atoms with Crippen LogP contribution in [0.4, 0.5) is 0 Å². The molecular formula is C24H29NO2. The van der Waals surface area contributed by atoms with E-state index in [-0.39, 0.29) is 17.8 Å². The SMILES string of the molecule is COC(=O)[C@H]1[C@@H](c2ccc(CCc3ccccc3)cc2)C[C@@H]2CC[C@H]1N2C. The largest absolute Gasteiger partial charge is 0.469 e. The first-order valence-corrected chi connectivity index (χ1v) is 10.1. The number of aryl methyl sites for hydroxylation is 2. The summed E-state index contributed by atoms with van der Waals surface area (Å²) >= 11 is 0. The van der Waals surface area contributed by atoms with Gasteiger partial charge in [0.2, 0.25) is 0 Å². The second kappa shape index (κ2) is 7.85. The van der Waals surface area contributed by atoms with Crippen molar-refractivity contribution in [1.29, 1.82) is 0 Å². The first-order chi connectivity index (χ1) is 13.2. The van der Waals surface area contributed by atoms with Gasteiger partial charge in [-0.15, -0.1) is 0 Å². The van der Waals surface area contributed by atoms with Gasteiger partial charge in [-0.3, -0.25) is 9.69 Å². The number of hydrogen-bond acceptors (Lipinski definition) is 3. The van der Waals surface area contributed by atoms with Crippen molar-refractivity contribution in [3.63, 3.8) is 0 Å². The van der Waals surface area contributed by atoms with Gasteiger partial charge in [0.05, 0.1) is 13.0 Å². The van der Waals surface area contributed by atoms with Crippen LogP contribution in [0.3, 0.4) is 0 Å². The zero-order valence-corrected chi connectivity index (χ0v) is 16.3. The highest BCUT2D eigenvalue weighted by Crippen LogP contribution is 2.46. The van der Waals surface area contributed by atoms with E-state index in [1.807, 2.05) is 0 Å². The van der Waals surface area contributed by atoms with E-state index in [2.05, 4.69) is 66.5 Å². The first-order valence-electron chi connectivity index (χ1n) is 10.1. The average Bonchev–Trinajstić information content (AvgIpc) is 2.95. The van der Waals surface area contributed by atoms with E-state index < -0.39 is 0 Å². The van der Waals surface area contributed by atoms with Crippen molar-refractivity contribution >= 4 is 5.97 Å². The topological polar surface area (TPSA) is 29.5 Å². The minimum atomic E-state index is -0.0506. The summed E-state index contributed by atoms with van der Waals surface area (Å²) in [6.07, 6.45) is 5.45. The summed E-state index contributed by atoms with van der Waals surface area (Å²) in [6, 6.07) is 20.5. The summed E-state index contributed by atoms with van der Waals surface area (Å²) in [4.78, 5) is 15.0. The van der Waals surface area contributed by atoms with E-state index >= 15 is 0 Å². The number of benzene rings is 2. The van der Waals surface area contributed by atoms with Crippen LogP contribution in [0.5, 0.6) is 0 Å². The van der Waals surface area contributed by atoms with Gasteiger partial charge in [-0.2, -0.15) is 0 Å². The number of nitrogens with zero attached hydrogens (tertiary/aromatic N) is 1. The Kier molecular flexibility index (Phi) is 5.31. The summed E-state index contributed by atoms with van der Waals surface area (Å²) in [6.45, 7) is 0. The number of rotatable bonds is 5. The predicted molar refractivity (Wildman–Crippen MR) is 108 cm³/mol. The lowest BCUT2D eigenvalue weighted by Gasteiger charge is -2.41. The Labute approximate surface area is 162 Å². The molecule has 2 fully saturated rings. The zero-order valence-electron chi connectivity index (χ0n) is 16.3. The fourth-order valence-electron chi connectivity index (χ4n) is 5.13. The van der Waals surface area contributed by atoms with Gasteiger partial charge in [0.1, 0.15) is 0 Å². The number of piperidine rings is 1. The molecule has 0 unspecified atom stereocenters. The average molecular weight is 364 g/mol. The second-order valence-electron chi connectivity index (χ2n) is 8.08. The maximum Gasteiger partial charge on any atom is 0.310 e. The molecule has 2 aromatic carbocycles. The third kappa shape index (κ3) is 3.66. The molecule has 0 saturated carbocycles. The van der Waals surface area contributed by atoms with E-state index in [0.29, 0.717) is 12.1 Å². The second-order valence-corrected chi connectivity index (χ2v) is 8.08. The molecule has 2 saturated heterocycles. The highest BCUT2D eigenvalue weighted by molar-refractivity contribution is 5.75. The normalized spacial score (nSPS) is 27.5. The Morgan fingerprint density at radius 3 is 2.33 bits per heavy atom. The standard InChI is InChI=1S/C24H29NO2/c1-25-20-14-15-22(25)23(24(26)27-2)21(16-20)19-12-10-18(11-13-19)9-8-17-6-4-3-5-7-17/h3-7,10-13,20-23H,8-9,14-16H2,1-2H3/t20-,21+,22+,23-/m0/s1. The summed E-state index contributed by atoms with van der Waals surface area (Å²) in [5.74, 6) is 0.175. The lowest BCUT2D eigenvalue weighted by Crippen LogP contribution is -2.49. The number of carbonyl (C=O) groups is 1. The van der Waals surface area contributed by atoms with E-state index in [1.165, 1.54) is 30.2 Å². The first kappa shape index (κ1) is 18.2. The van der Waals surface area contributed by atoms with Gasteiger partial charge in [0, 0.05) is 18.0 Å². The molecule has 2 aliphatic heterocycles. The lowest BCUT2D eigenvalue weighted by atomic mass is 9.76. The van der Waals surface area contributed by atoms with E-state index in [4.69, 9.17) is 4.74 Å². The molecule has 0 aromatic heterocycles. The highest BCUT2D eigenvalue weighted by Gasteiger charge is 2.49. The Hall–Kier alpha value is -2.13. The smallest absolute Gasteiger partial charge is 0.310 e. The molecule has 2 aliphatic rings. The maximum absolute atomic E-state index is 12.6. The van der Waals surface area contributed by atoms with Crippen LogP contribution >= 0.6 is 0 Å². The summed E-state index contributed by atoms with van der Waals surface area (Å²) < 4.78 is 5.19. The fraction of sp³-hybridized carbons (Fsp3) is 0.458. The van der Waals surface area contributed by atoms with Crippen LogP contribution in [0.15, 0.2) is 54.6 Å². The molecule has 0 amide bonds. The van der Waals surface area contributed by atoms with Crippen molar-refractivity contribution in [3.05, 3.63) is 71.3 Å². The van der Waals surface area contributed by atoms with Crippen LogP contribution in [0.2, 0.25) is 0 Å². The van der Waals surface area contributed by atoms with Gasteiger partial charge in [0.15, 0.2) is 0 Å². The van der Waals surface area contributed by atoms with Crippen LogP contribution in [0, 0.1) is 5.92 Å². The number of hydrogen-bond donors (Lipinski definition) is 0. The number of methoxy groups -OCH3 is 1. The molecule has 4 atom stereocenters. The molecule has 2 heterocycles. The lowest BCUT2D eigenvalue weighted by molar-refractivity contribution is -0.150. The maximum atomic E-state index is 12.6. The molecule has 0 aliphatic carbocycles. The summed E-state index contributed by atoms with van der Waals surface area (Å²) in [7, 11) is 3.69. The van der Waals surface area contributed by atoms with Crippen molar-refractivity contribution in [1.82, 2.24) is 4.90 Å². The molecule has 142 valence electrons. The van der Waals surface area contributed by atoms with Crippen LogP contribution < -0.4 is 0 Å². The van der Waals surface area contributed by atoms with Crippen LogP contribution in [0.25, 0.3) is 0 Å². The molecule has 3 nitrogen and oxygen atoms in total. The molecule has 27 heavy (non-hydrogen) atoms. The highest BCUT2D eigenvalue weighted by atomic mass is 16.5. The van der Waals surface area contributed by atoms with Gasteiger partial charge in [-0.25, -0.2) is 0 Å². The molecule has 0 radical (unpaired) electrons. The Morgan fingerprint density at radius 1 is 1.00 bits per heavy atom. The van der Waals surface area contributed by atoms with Gasteiger partial charge in [-0.05, 0) is 55.8 Å². The minimum Gasteiger partial charge on any atom is -0.469 e. The number of carbonyl (C=O) groups excluding carboxylic acids is 1. The monoisotopic (exact) mass is 363 g/mol. The summed E-state index contributed by atoms with van der Waals surface area (Å²) in [5, 5.41) is 0. The van der Waals surface area contributed by atoms with Gasteiger partial charge >= 0.3 is 5.97 Å². The van der Waals surface area contributed by atoms with E-state index in [9.17, 15) is 4.79 Å². The van der Waals surface area contributed by atoms with Crippen molar-refractivity contribution in [2.24, 2.45) is 5.92 Å². The van der Waals surface area contributed by atoms with Crippen LogP contribution in [-0.4, -0.2) is 37.1 Å². The van der Waals surface area contributed by atoms with Gasteiger partial charge in [0.25, 0.3) is 0 Å². The van der Waals surface area contributed by atoms with Crippen molar-refractivity contribution in [2.45, 2.75) is 50.1 Å². The fourth-order valence-corrected chi connectivity index (χ4v) is 5.13. The van der Waals surface area contributed by atoms with E-state index in [0.717, 1.165) is 25.7 Å². The third-order valence-electron chi connectivity index (χ3n) is 6.70. The predicted octanol–water partition coefficient (Wildman–Crippen LogP) is 4.21.